The highest BCUT2D eigenvalue weighted by molar-refractivity contribution is 5.69. The maximum atomic E-state index is 12.3. The summed E-state index contributed by atoms with van der Waals surface area (Å²) in [6.45, 7) is 6.38. The molecule has 1 aliphatic rings. The molecule has 9 nitrogen and oxygen atoms in total. The highest BCUT2D eigenvalue weighted by Gasteiger charge is 2.40. The zero-order valence-corrected chi connectivity index (χ0v) is 14.8. The zero-order chi connectivity index (χ0) is 18.5. The number of hydrogen-bond acceptors (Lipinski definition) is 7. The molecule has 1 atom stereocenters. The summed E-state index contributed by atoms with van der Waals surface area (Å²) in [6, 6.07) is 0. The van der Waals surface area contributed by atoms with Crippen LogP contribution in [0.15, 0.2) is 4.52 Å². The molecule has 1 saturated heterocycles. The molecular formula is C16H25N3O6. The van der Waals surface area contributed by atoms with Gasteiger partial charge in [0.05, 0.1) is 6.42 Å². The third-order valence-corrected chi connectivity index (χ3v) is 3.75. The van der Waals surface area contributed by atoms with E-state index in [1.54, 1.807) is 20.8 Å². The number of nitrogens with one attached hydrogen (secondary N) is 1. The summed E-state index contributed by atoms with van der Waals surface area (Å²) < 4.78 is 16.0. The molecule has 0 saturated carbocycles. The van der Waals surface area contributed by atoms with E-state index in [0.29, 0.717) is 31.9 Å². The van der Waals surface area contributed by atoms with Crippen LogP contribution < -0.4 is 5.32 Å². The van der Waals surface area contributed by atoms with Crippen LogP contribution in [0.1, 0.15) is 58.2 Å². The smallest absolute Gasteiger partial charge is 0.408 e. The van der Waals surface area contributed by atoms with Crippen LogP contribution in [0, 0.1) is 0 Å². The van der Waals surface area contributed by atoms with E-state index in [1.165, 1.54) is 0 Å². The Morgan fingerprint density at radius 1 is 1.32 bits per heavy atom. The minimum atomic E-state index is -0.941. The van der Waals surface area contributed by atoms with Gasteiger partial charge in [-0.15, -0.1) is 0 Å². The Labute approximate surface area is 146 Å². The normalized spacial score (nSPS) is 21.4. The number of aliphatic carboxylic acids is 1. The standard InChI is InChI=1S/C16H25N3O6/c1-15(2,3)24-14(22)18-16(7-4-9-23-10-8-16)13-17-11(25-19-13)5-6-12(20)21/h4-10H2,1-3H3,(H,18,22)(H,20,21). The number of carboxylic acid groups (broad SMARTS) is 1. The van der Waals surface area contributed by atoms with Crippen molar-refractivity contribution in [3.63, 3.8) is 0 Å². The van der Waals surface area contributed by atoms with Gasteiger partial charge >= 0.3 is 12.1 Å². The van der Waals surface area contributed by atoms with Gasteiger partial charge in [-0.2, -0.15) is 4.98 Å². The highest BCUT2D eigenvalue weighted by atomic mass is 16.6. The average Bonchev–Trinajstić information content (AvgIpc) is 2.84. The van der Waals surface area contributed by atoms with E-state index in [0.717, 1.165) is 6.42 Å². The monoisotopic (exact) mass is 355 g/mol. The second-order valence-electron chi connectivity index (χ2n) is 7.08. The van der Waals surface area contributed by atoms with Crippen LogP contribution in [0.2, 0.25) is 0 Å². The summed E-state index contributed by atoms with van der Waals surface area (Å²) in [6.07, 6.45) is 1.24. The molecule has 0 bridgehead atoms. The third-order valence-electron chi connectivity index (χ3n) is 3.75. The molecule has 0 radical (unpaired) electrons. The van der Waals surface area contributed by atoms with Crippen molar-refractivity contribution in [3.05, 3.63) is 11.7 Å². The number of rotatable bonds is 5. The maximum absolute atomic E-state index is 12.3. The summed E-state index contributed by atoms with van der Waals surface area (Å²) in [5, 5.41) is 15.6. The molecule has 0 aliphatic carbocycles. The minimum absolute atomic E-state index is 0.1000. The lowest BCUT2D eigenvalue weighted by Gasteiger charge is -2.31. The van der Waals surface area contributed by atoms with Crippen molar-refractivity contribution in [3.8, 4) is 0 Å². The fraction of sp³-hybridized carbons (Fsp3) is 0.750. The molecule has 0 aromatic carbocycles. The Bertz CT molecular complexity index is 599. The molecule has 2 heterocycles. The molecule has 0 spiro atoms. The van der Waals surface area contributed by atoms with E-state index in [-0.39, 0.29) is 18.7 Å². The molecule has 25 heavy (non-hydrogen) atoms. The van der Waals surface area contributed by atoms with Crippen LogP contribution in [0.3, 0.4) is 0 Å². The van der Waals surface area contributed by atoms with Crippen LogP contribution in [-0.2, 0) is 26.2 Å². The molecule has 2 N–H and O–H groups in total. The lowest BCUT2D eigenvalue weighted by Crippen LogP contribution is -2.48. The number of amides is 1. The van der Waals surface area contributed by atoms with Crippen LogP contribution in [0.4, 0.5) is 4.79 Å². The van der Waals surface area contributed by atoms with Gasteiger partial charge in [0.2, 0.25) is 5.89 Å². The van der Waals surface area contributed by atoms with E-state index in [4.69, 9.17) is 19.1 Å². The predicted molar refractivity (Wildman–Crippen MR) is 86.0 cm³/mol. The van der Waals surface area contributed by atoms with E-state index >= 15 is 0 Å². The van der Waals surface area contributed by atoms with Gasteiger partial charge in [-0.05, 0) is 33.6 Å². The molecule has 9 heteroatoms. The largest absolute Gasteiger partial charge is 0.481 e. The van der Waals surface area contributed by atoms with Gasteiger partial charge in [0.25, 0.3) is 0 Å². The molecule has 1 unspecified atom stereocenters. The lowest BCUT2D eigenvalue weighted by molar-refractivity contribution is -0.137. The first-order chi connectivity index (χ1) is 11.7. The number of nitrogens with zero attached hydrogens (tertiary/aromatic N) is 2. The molecule has 140 valence electrons. The van der Waals surface area contributed by atoms with E-state index in [1.807, 2.05) is 0 Å². The number of aromatic nitrogens is 2. The van der Waals surface area contributed by atoms with Crippen molar-refractivity contribution >= 4 is 12.1 Å². The Morgan fingerprint density at radius 3 is 2.76 bits per heavy atom. The number of ether oxygens (including phenoxy) is 2. The summed E-state index contributed by atoms with van der Waals surface area (Å²) in [7, 11) is 0. The first-order valence-electron chi connectivity index (χ1n) is 8.34. The fourth-order valence-electron chi connectivity index (χ4n) is 2.62. The van der Waals surface area contributed by atoms with E-state index in [9.17, 15) is 9.59 Å². The fourth-order valence-corrected chi connectivity index (χ4v) is 2.62. The van der Waals surface area contributed by atoms with Gasteiger partial charge in [-0.3, -0.25) is 4.79 Å². The van der Waals surface area contributed by atoms with Crippen molar-refractivity contribution in [1.29, 1.82) is 0 Å². The van der Waals surface area contributed by atoms with Crippen LogP contribution >= 0.6 is 0 Å². The molecule has 1 fully saturated rings. The molecule has 2 rings (SSSR count). The van der Waals surface area contributed by atoms with Crippen molar-refractivity contribution in [1.82, 2.24) is 15.5 Å². The number of carbonyl (C=O) groups excluding carboxylic acids is 1. The quantitative estimate of drug-likeness (QED) is 0.822. The first-order valence-corrected chi connectivity index (χ1v) is 8.34. The third kappa shape index (κ3) is 5.70. The SMILES string of the molecule is CC(C)(C)OC(=O)NC1(c2noc(CCC(=O)O)n2)CCCOCC1. The molecule has 1 aromatic rings. The Morgan fingerprint density at radius 2 is 2.08 bits per heavy atom. The second-order valence-corrected chi connectivity index (χ2v) is 7.08. The zero-order valence-electron chi connectivity index (χ0n) is 14.8. The van der Waals surface area contributed by atoms with Crippen molar-refractivity contribution in [2.45, 2.75) is 64.0 Å². The van der Waals surface area contributed by atoms with Gasteiger partial charge in [0.1, 0.15) is 11.1 Å². The van der Waals surface area contributed by atoms with Crippen LogP contribution in [0.25, 0.3) is 0 Å². The Kier molecular flexibility index (Phi) is 5.99. The van der Waals surface area contributed by atoms with E-state index < -0.39 is 23.2 Å². The van der Waals surface area contributed by atoms with E-state index in [2.05, 4.69) is 15.5 Å². The predicted octanol–water partition coefficient (Wildman–Crippen LogP) is 2.01. The van der Waals surface area contributed by atoms with Crippen LogP contribution in [0.5, 0.6) is 0 Å². The number of alkyl carbamates (subject to hydrolysis) is 1. The molecule has 1 aromatic heterocycles. The maximum Gasteiger partial charge on any atom is 0.408 e. The van der Waals surface area contributed by atoms with Crippen molar-refractivity contribution in [2.75, 3.05) is 13.2 Å². The van der Waals surface area contributed by atoms with Gasteiger partial charge in [0.15, 0.2) is 5.82 Å². The number of hydrogen-bond donors (Lipinski definition) is 2. The first kappa shape index (κ1) is 19.2. The van der Waals surface area contributed by atoms with Gasteiger partial charge in [-0.25, -0.2) is 4.79 Å². The summed E-state index contributed by atoms with van der Waals surface area (Å²) in [5.41, 5.74) is -1.49. The summed E-state index contributed by atoms with van der Waals surface area (Å²) in [4.78, 5) is 27.3. The van der Waals surface area contributed by atoms with Crippen LogP contribution in [-0.4, -0.2) is 46.1 Å². The molecule has 1 aliphatic heterocycles. The van der Waals surface area contributed by atoms with Crippen molar-refractivity contribution in [2.24, 2.45) is 0 Å². The second kappa shape index (κ2) is 7.81. The van der Waals surface area contributed by atoms with Gasteiger partial charge in [0, 0.05) is 26.1 Å². The highest BCUT2D eigenvalue weighted by Crippen LogP contribution is 2.31. The topological polar surface area (TPSA) is 124 Å². The molecule has 1 amide bonds. The number of carboxylic acids is 1. The van der Waals surface area contributed by atoms with Gasteiger partial charge in [-0.1, -0.05) is 5.16 Å². The number of aryl methyl sites for hydroxylation is 1. The summed E-state index contributed by atoms with van der Waals surface area (Å²) >= 11 is 0. The van der Waals surface area contributed by atoms with Crippen molar-refractivity contribution < 1.29 is 28.7 Å². The molecular weight excluding hydrogens is 330 g/mol. The lowest BCUT2D eigenvalue weighted by atomic mass is 9.89. The minimum Gasteiger partial charge on any atom is -0.481 e. The Hall–Kier alpha value is -2.16. The average molecular weight is 355 g/mol. The summed E-state index contributed by atoms with van der Waals surface area (Å²) in [5.74, 6) is -0.388. The van der Waals surface area contributed by atoms with Gasteiger partial charge < -0.3 is 24.4 Å². The Balaban J connectivity index is 2.20. The number of carbonyl (C=O) groups is 2.